The SMILES string of the molecule is c1ccc2oc(-c3ccc4c(c3)Cc3cc(-c5nc6ccccc6o5)ccc3-4)nc2c1. The lowest BCUT2D eigenvalue weighted by Crippen LogP contribution is -1.84. The first-order valence-corrected chi connectivity index (χ1v) is 10.3. The molecule has 4 nitrogen and oxygen atoms in total. The summed E-state index contributed by atoms with van der Waals surface area (Å²) in [5.74, 6) is 1.32. The van der Waals surface area contributed by atoms with Crippen LogP contribution in [0, 0.1) is 0 Å². The van der Waals surface area contributed by atoms with Gasteiger partial charge in [-0.2, -0.15) is 0 Å². The van der Waals surface area contributed by atoms with Crippen molar-refractivity contribution in [2.75, 3.05) is 0 Å². The standard InChI is InChI=1S/C27H16N2O2/c1-3-7-24-22(5-1)28-26(30-24)16-9-11-20-18(13-16)15-19-14-17(10-12-21(19)20)27-29-23-6-2-4-8-25(23)31-27/h1-14H,15H2. The quantitative estimate of drug-likeness (QED) is 0.318. The topological polar surface area (TPSA) is 52.1 Å². The largest absolute Gasteiger partial charge is 0.436 e. The second-order valence-electron chi connectivity index (χ2n) is 7.89. The maximum absolute atomic E-state index is 5.96. The maximum atomic E-state index is 5.96. The number of rotatable bonds is 2. The van der Waals surface area contributed by atoms with Crippen molar-refractivity contribution >= 4 is 22.2 Å². The van der Waals surface area contributed by atoms with E-state index in [9.17, 15) is 0 Å². The van der Waals surface area contributed by atoms with Crippen LogP contribution < -0.4 is 0 Å². The van der Waals surface area contributed by atoms with Crippen LogP contribution in [0.3, 0.4) is 0 Å². The third-order valence-corrected chi connectivity index (χ3v) is 5.96. The highest BCUT2D eigenvalue weighted by molar-refractivity contribution is 5.83. The second-order valence-corrected chi connectivity index (χ2v) is 7.89. The minimum Gasteiger partial charge on any atom is -0.436 e. The Bertz CT molecular complexity index is 1440. The highest BCUT2D eigenvalue weighted by Crippen LogP contribution is 2.40. The number of aromatic nitrogens is 2. The van der Waals surface area contributed by atoms with Gasteiger partial charge in [-0.3, -0.25) is 0 Å². The van der Waals surface area contributed by atoms with E-state index in [1.807, 2.05) is 48.5 Å². The van der Waals surface area contributed by atoms with Crippen molar-refractivity contribution in [1.82, 2.24) is 9.97 Å². The van der Waals surface area contributed by atoms with Crippen LogP contribution in [-0.4, -0.2) is 9.97 Å². The minimum absolute atomic E-state index is 0.659. The molecule has 7 rings (SSSR count). The molecule has 146 valence electrons. The Balaban J connectivity index is 1.27. The van der Waals surface area contributed by atoms with E-state index in [1.165, 1.54) is 22.3 Å². The summed E-state index contributed by atoms with van der Waals surface area (Å²) < 4.78 is 11.9. The Morgan fingerprint density at radius 3 is 1.52 bits per heavy atom. The van der Waals surface area contributed by atoms with Crippen molar-refractivity contribution in [3.8, 4) is 34.0 Å². The van der Waals surface area contributed by atoms with Gasteiger partial charge in [-0.05, 0) is 77.2 Å². The first-order valence-electron chi connectivity index (χ1n) is 10.3. The zero-order valence-corrected chi connectivity index (χ0v) is 16.5. The lowest BCUT2D eigenvalue weighted by Gasteiger charge is -2.03. The fraction of sp³-hybridized carbons (Fsp3) is 0.0370. The summed E-state index contributed by atoms with van der Waals surface area (Å²) in [7, 11) is 0. The summed E-state index contributed by atoms with van der Waals surface area (Å²) in [6.07, 6.45) is 0.868. The molecule has 31 heavy (non-hydrogen) atoms. The maximum Gasteiger partial charge on any atom is 0.227 e. The van der Waals surface area contributed by atoms with Crippen LogP contribution in [0.4, 0.5) is 0 Å². The highest BCUT2D eigenvalue weighted by atomic mass is 16.4. The van der Waals surface area contributed by atoms with Crippen molar-refractivity contribution < 1.29 is 8.83 Å². The third-order valence-electron chi connectivity index (χ3n) is 5.96. The van der Waals surface area contributed by atoms with Gasteiger partial charge < -0.3 is 8.83 Å². The van der Waals surface area contributed by atoms with Gasteiger partial charge in [-0.15, -0.1) is 0 Å². The van der Waals surface area contributed by atoms with Gasteiger partial charge in [0.05, 0.1) is 0 Å². The van der Waals surface area contributed by atoms with E-state index < -0.39 is 0 Å². The number of hydrogen-bond donors (Lipinski definition) is 0. The number of fused-ring (bicyclic) bond motifs is 5. The predicted molar refractivity (Wildman–Crippen MR) is 121 cm³/mol. The van der Waals surface area contributed by atoms with Crippen LogP contribution in [0.1, 0.15) is 11.1 Å². The molecule has 0 aliphatic heterocycles. The molecule has 4 aromatic carbocycles. The zero-order chi connectivity index (χ0) is 20.4. The van der Waals surface area contributed by atoms with Gasteiger partial charge in [-0.1, -0.05) is 36.4 Å². The molecule has 2 heterocycles. The molecule has 1 aliphatic rings. The number of benzene rings is 4. The number of oxazole rings is 2. The average Bonchev–Trinajstić information content (AvgIpc) is 3.52. The molecule has 0 atom stereocenters. The van der Waals surface area contributed by atoms with Gasteiger partial charge >= 0.3 is 0 Å². The first kappa shape index (κ1) is 16.6. The lowest BCUT2D eigenvalue weighted by molar-refractivity contribution is 0.619. The van der Waals surface area contributed by atoms with E-state index in [2.05, 4.69) is 46.4 Å². The summed E-state index contributed by atoms with van der Waals surface area (Å²) in [5, 5.41) is 0. The molecular formula is C27H16N2O2. The molecule has 0 N–H and O–H groups in total. The van der Waals surface area contributed by atoms with Crippen molar-refractivity contribution in [2.45, 2.75) is 6.42 Å². The molecule has 0 saturated heterocycles. The fourth-order valence-corrected chi connectivity index (χ4v) is 4.47. The molecule has 2 aromatic heterocycles. The smallest absolute Gasteiger partial charge is 0.227 e. The average molecular weight is 400 g/mol. The van der Waals surface area contributed by atoms with Crippen molar-refractivity contribution in [1.29, 1.82) is 0 Å². The van der Waals surface area contributed by atoms with Crippen molar-refractivity contribution in [2.24, 2.45) is 0 Å². The first-order chi connectivity index (χ1) is 15.3. The van der Waals surface area contributed by atoms with E-state index in [0.717, 1.165) is 39.7 Å². The monoisotopic (exact) mass is 400 g/mol. The van der Waals surface area contributed by atoms with E-state index >= 15 is 0 Å². The Labute approximate surface area is 177 Å². The van der Waals surface area contributed by atoms with Gasteiger partial charge in [0, 0.05) is 11.1 Å². The summed E-state index contributed by atoms with van der Waals surface area (Å²) in [6.45, 7) is 0. The molecular weight excluding hydrogens is 384 g/mol. The normalized spacial score (nSPS) is 12.4. The second kappa shape index (κ2) is 6.16. The van der Waals surface area contributed by atoms with E-state index in [0.29, 0.717) is 11.8 Å². The fourth-order valence-electron chi connectivity index (χ4n) is 4.47. The number of para-hydroxylation sites is 4. The molecule has 0 radical (unpaired) electrons. The van der Waals surface area contributed by atoms with Crippen LogP contribution >= 0.6 is 0 Å². The molecule has 0 bridgehead atoms. The van der Waals surface area contributed by atoms with Crippen LogP contribution in [-0.2, 0) is 6.42 Å². The molecule has 4 heteroatoms. The number of hydrogen-bond acceptors (Lipinski definition) is 4. The van der Waals surface area contributed by atoms with Gasteiger partial charge in [0.1, 0.15) is 11.0 Å². The summed E-state index contributed by atoms with van der Waals surface area (Å²) in [6, 6.07) is 28.6. The van der Waals surface area contributed by atoms with Gasteiger partial charge in [0.2, 0.25) is 11.8 Å². The lowest BCUT2D eigenvalue weighted by atomic mass is 10.0. The van der Waals surface area contributed by atoms with Crippen LogP contribution in [0.5, 0.6) is 0 Å². The van der Waals surface area contributed by atoms with E-state index in [-0.39, 0.29) is 0 Å². The Hall–Kier alpha value is -4.18. The van der Waals surface area contributed by atoms with Gasteiger partial charge in [-0.25, -0.2) is 9.97 Å². The zero-order valence-electron chi connectivity index (χ0n) is 16.5. The van der Waals surface area contributed by atoms with Crippen LogP contribution in [0.15, 0.2) is 93.8 Å². The van der Waals surface area contributed by atoms with E-state index in [4.69, 9.17) is 8.83 Å². The van der Waals surface area contributed by atoms with E-state index in [1.54, 1.807) is 0 Å². The highest BCUT2D eigenvalue weighted by Gasteiger charge is 2.21. The molecule has 1 aliphatic carbocycles. The third kappa shape index (κ3) is 2.55. The molecule has 0 amide bonds. The Morgan fingerprint density at radius 1 is 0.548 bits per heavy atom. The molecule has 6 aromatic rings. The van der Waals surface area contributed by atoms with Gasteiger partial charge in [0.25, 0.3) is 0 Å². The van der Waals surface area contributed by atoms with Crippen LogP contribution in [0.25, 0.3) is 56.2 Å². The molecule has 0 unspecified atom stereocenters. The van der Waals surface area contributed by atoms with Crippen molar-refractivity contribution in [3.63, 3.8) is 0 Å². The van der Waals surface area contributed by atoms with Crippen molar-refractivity contribution in [3.05, 3.63) is 96.1 Å². The Kier molecular flexibility index (Phi) is 3.30. The summed E-state index contributed by atoms with van der Waals surface area (Å²) in [5.41, 5.74) is 10.5. The summed E-state index contributed by atoms with van der Waals surface area (Å²) in [4.78, 5) is 9.29. The predicted octanol–water partition coefficient (Wildman–Crippen LogP) is 6.87. The molecule has 0 saturated carbocycles. The van der Waals surface area contributed by atoms with Gasteiger partial charge in [0.15, 0.2) is 11.2 Å². The molecule has 0 spiro atoms. The summed E-state index contributed by atoms with van der Waals surface area (Å²) >= 11 is 0. The van der Waals surface area contributed by atoms with Crippen LogP contribution in [0.2, 0.25) is 0 Å². The minimum atomic E-state index is 0.659. The number of nitrogens with zero attached hydrogens (tertiary/aromatic N) is 2. The molecule has 0 fully saturated rings. The Morgan fingerprint density at radius 2 is 1.03 bits per heavy atom.